The van der Waals surface area contributed by atoms with Gasteiger partial charge in [-0.3, -0.25) is 9.69 Å². The smallest absolute Gasteiger partial charge is 0.234 e. The van der Waals surface area contributed by atoms with Gasteiger partial charge in [0.25, 0.3) is 0 Å². The average molecular weight is 282 g/mol. The summed E-state index contributed by atoms with van der Waals surface area (Å²) in [6, 6.07) is 0.335. The number of carbonyl (C=O) groups excluding carboxylic acids is 1. The summed E-state index contributed by atoms with van der Waals surface area (Å²) in [4.78, 5) is 14.1. The van der Waals surface area contributed by atoms with E-state index in [0.29, 0.717) is 37.5 Å². The van der Waals surface area contributed by atoms with E-state index in [1.165, 1.54) is 12.8 Å². The first kappa shape index (κ1) is 15.8. The van der Waals surface area contributed by atoms with E-state index >= 15 is 0 Å². The Morgan fingerprint density at radius 3 is 2.70 bits per heavy atom. The first-order valence-electron chi connectivity index (χ1n) is 8.17. The lowest BCUT2D eigenvalue weighted by Crippen LogP contribution is -2.63. The third kappa shape index (κ3) is 3.73. The van der Waals surface area contributed by atoms with E-state index in [4.69, 9.17) is 0 Å². The van der Waals surface area contributed by atoms with Crippen LogP contribution >= 0.6 is 0 Å². The molecule has 2 rings (SSSR count). The Morgan fingerprint density at radius 2 is 2.05 bits per heavy atom. The van der Waals surface area contributed by atoms with Crippen LogP contribution in [0.3, 0.4) is 0 Å². The van der Waals surface area contributed by atoms with Gasteiger partial charge in [-0.25, -0.2) is 0 Å². The summed E-state index contributed by atoms with van der Waals surface area (Å²) in [6.07, 6.45) is 5.44. The lowest BCUT2D eigenvalue weighted by molar-refractivity contribution is -0.134. The highest BCUT2D eigenvalue weighted by Gasteiger charge is 2.41. The topological polar surface area (TPSA) is 52.6 Å². The van der Waals surface area contributed by atoms with Gasteiger partial charge < -0.3 is 10.4 Å². The quantitative estimate of drug-likeness (QED) is 0.808. The first-order valence-corrected chi connectivity index (χ1v) is 8.17. The fourth-order valence-corrected chi connectivity index (χ4v) is 3.76. The highest BCUT2D eigenvalue weighted by atomic mass is 16.3. The van der Waals surface area contributed by atoms with Crippen molar-refractivity contribution in [2.75, 3.05) is 19.6 Å². The molecule has 0 aromatic carbocycles. The van der Waals surface area contributed by atoms with Crippen LogP contribution in [-0.4, -0.2) is 47.2 Å². The molecule has 1 aliphatic carbocycles. The van der Waals surface area contributed by atoms with Crippen LogP contribution < -0.4 is 5.32 Å². The molecule has 2 fully saturated rings. The number of β-amino-alcohol motifs (C(OH)–C–C–N with tert-alkyl or cyclic N) is 1. The molecular formula is C16H30N2O2. The molecule has 1 saturated heterocycles. The van der Waals surface area contributed by atoms with Gasteiger partial charge in [0.15, 0.2) is 0 Å². The number of likely N-dealkylation sites (tertiary alicyclic amines) is 1. The predicted molar refractivity (Wildman–Crippen MR) is 80.4 cm³/mol. The number of nitrogens with zero attached hydrogens (tertiary/aromatic N) is 1. The fourth-order valence-electron chi connectivity index (χ4n) is 3.76. The molecular weight excluding hydrogens is 252 g/mol. The maximum Gasteiger partial charge on any atom is 0.234 e. The molecule has 4 heteroatoms. The lowest BCUT2D eigenvalue weighted by Gasteiger charge is -2.46. The van der Waals surface area contributed by atoms with Crippen molar-refractivity contribution in [1.82, 2.24) is 10.2 Å². The van der Waals surface area contributed by atoms with Crippen molar-refractivity contribution in [2.45, 2.75) is 64.5 Å². The fraction of sp³-hybridized carbons (Fsp3) is 0.938. The Balaban J connectivity index is 1.71. The Bertz CT molecular complexity index is 339. The van der Waals surface area contributed by atoms with E-state index in [9.17, 15) is 9.90 Å². The number of nitrogens with one attached hydrogen (secondary N) is 1. The van der Waals surface area contributed by atoms with Gasteiger partial charge >= 0.3 is 0 Å². The summed E-state index contributed by atoms with van der Waals surface area (Å²) >= 11 is 0. The summed E-state index contributed by atoms with van der Waals surface area (Å²) in [5.41, 5.74) is -0.540. The third-order valence-electron chi connectivity index (χ3n) is 5.17. The molecule has 1 amide bonds. The minimum atomic E-state index is -0.540. The maximum absolute atomic E-state index is 12.1. The van der Waals surface area contributed by atoms with E-state index in [-0.39, 0.29) is 5.91 Å². The minimum absolute atomic E-state index is 0.120. The zero-order valence-electron chi connectivity index (χ0n) is 13.2. The van der Waals surface area contributed by atoms with Crippen LogP contribution in [0.4, 0.5) is 0 Å². The summed E-state index contributed by atoms with van der Waals surface area (Å²) in [5, 5.41) is 13.3. The zero-order chi connectivity index (χ0) is 14.8. The Labute approximate surface area is 122 Å². The molecule has 0 radical (unpaired) electrons. The van der Waals surface area contributed by atoms with Crippen molar-refractivity contribution in [3.63, 3.8) is 0 Å². The third-order valence-corrected chi connectivity index (χ3v) is 5.17. The van der Waals surface area contributed by atoms with Crippen LogP contribution in [0.15, 0.2) is 0 Å². The second-order valence-corrected chi connectivity index (χ2v) is 7.06. The van der Waals surface area contributed by atoms with Crippen LogP contribution in [0, 0.1) is 11.8 Å². The van der Waals surface area contributed by atoms with Crippen LogP contribution in [0.2, 0.25) is 0 Å². The van der Waals surface area contributed by atoms with Gasteiger partial charge in [-0.05, 0) is 24.7 Å². The Kier molecular flexibility index (Phi) is 5.08. The van der Waals surface area contributed by atoms with E-state index in [1.54, 1.807) is 0 Å². The monoisotopic (exact) mass is 282 g/mol. The number of aliphatic hydroxyl groups is 1. The van der Waals surface area contributed by atoms with Crippen LogP contribution in [0.5, 0.6) is 0 Å². The zero-order valence-corrected chi connectivity index (χ0v) is 13.2. The van der Waals surface area contributed by atoms with Crippen LogP contribution in [0.1, 0.15) is 52.9 Å². The molecule has 0 aromatic heterocycles. The van der Waals surface area contributed by atoms with Crippen molar-refractivity contribution in [3.8, 4) is 0 Å². The van der Waals surface area contributed by atoms with E-state index in [1.807, 2.05) is 4.90 Å². The average Bonchev–Trinajstić information content (AvgIpc) is 2.33. The van der Waals surface area contributed by atoms with E-state index in [2.05, 4.69) is 26.1 Å². The number of rotatable bonds is 5. The van der Waals surface area contributed by atoms with Gasteiger partial charge in [-0.2, -0.15) is 0 Å². The minimum Gasteiger partial charge on any atom is -0.387 e. The van der Waals surface area contributed by atoms with E-state index in [0.717, 1.165) is 19.3 Å². The molecule has 1 saturated carbocycles. The standard InChI is InChI=1S/C16H30N2O2/c1-4-8-16(20)10-18(11-16)9-15(19)17-14-7-5-6-12(2)13(14)3/h12-14,20H,4-11H2,1-3H3,(H,17,19). The van der Waals surface area contributed by atoms with Crippen molar-refractivity contribution in [1.29, 1.82) is 0 Å². The predicted octanol–water partition coefficient (Wildman–Crippen LogP) is 1.77. The second kappa shape index (κ2) is 6.44. The number of amides is 1. The number of hydrogen-bond acceptors (Lipinski definition) is 3. The molecule has 116 valence electrons. The van der Waals surface area contributed by atoms with Crippen LogP contribution in [0.25, 0.3) is 0 Å². The number of carbonyl (C=O) groups is 1. The molecule has 0 bridgehead atoms. The SMILES string of the molecule is CCCC1(O)CN(CC(=O)NC2CCCC(C)C2C)C1. The summed E-state index contributed by atoms with van der Waals surface area (Å²) in [5.74, 6) is 1.39. The maximum atomic E-state index is 12.1. The highest BCUT2D eigenvalue weighted by molar-refractivity contribution is 5.78. The number of hydrogen-bond donors (Lipinski definition) is 2. The summed E-state index contributed by atoms with van der Waals surface area (Å²) in [7, 11) is 0. The molecule has 3 atom stereocenters. The van der Waals surface area contributed by atoms with Crippen molar-refractivity contribution in [3.05, 3.63) is 0 Å². The summed E-state index contributed by atoms with van der Waals surface area (Å²) < 4.78 is 0. The molecule has 20 heavy (non-hydrogen) atoms. The van der Waals surface area contributed by atoms with Crippen molar-refractivity contribution >= 4 is 5.91 Å². The van der Waals surface area contributed by atoms with Gasteiger partial charge in [0, 0.05) is 19.1 Å². The van der Waals surface area contributed by atoms with Gasteiger partial charge in [0.05, 0.1) is 12.1 Å². The van der Waals surface area contributed by atoms with Crippen molar-refractivity contribution < 1.29 is 9.90 Å². The Morgan fingerprint density at radius 1 is 1.35 bits per heavy atom. The molecule has 1 aliphatic heterocycles. The van der Waals surface area contributed by atoms with Gasteiger partial charge in [0.1, 0.15) is 0 Å². The second-order valence-electron chi connectivity index (χ2n) is 7.06. The van der Waals surface area contributed by atoms with Gasteiger partial charge in [-0.15, -0.1) is 0 Å². The highest BCUT2D eigenvalue weighted by Crippen LogP contribution is 2.29. The van der Waals surface area contributed by atoms with Crippen molar-refractivity contribution in [2.24, 2.45) is 11.8 Å². The van der Waals surface area contributed by atoms with Gasteiger partial charge in [-0.1, -0.05) is 40.0 Å². The van der Waals surface area contributed by atoms with Gasteiger partial charge in [0.2, 0.25) is 5.91 Å². The van der Waals surface area contributed by atoms with E-state index < -0.39 is 5.60 Å². The lowest BCUT2D eigenvalue weighted by atomic mass is 9.78. The molecule has 1 heterocycles. The largest absolute Gasteiger partial charge is 0.387 e. The molecule has 4 nitrogen and oxygen atoms in total. The molecule has 2 N–H and O–H groups in total. The van der Waals surface area contributed by atoms with Crippen LogP contribution in [-0.2, 0) is 4.79 Å². The Hall–Kier alpha value is -0.610. The molecule has 2 aliphatic rings. The summed E-state index contributed by atoms with van der Waals surface area (Å²) in [6.45, 7) is 8.33. The molecule has 3 unspecified atom stereocenters. The first-order chi connectivity index (χ1) is 9.43. The molecule has 0 aromatic rings. The molecule has 0 spiro atoms. The normalized spacial score (nSPS) is 33.5.